The highest BCUT2D eigenvalue weighted by molar-refractivity contribution is 5.91. The first-order valence-electron chi connectivity index (χ1n) is 7.34. The van der Waals surface area contributed by atoms with Gasteiger partial charge in [0.15, 0.2) is 0 Å². The third kappa shape index (κ3) is 2.22. The molecule has 3 heteroatoms. The molecule has 0 spiro atoms. The van der Waals surface area contributed by atoms with E-state index in [4.69, 9.17) is 0 Å². The van der Waals surface area contributed by atoms with Gasteiger partial charge in [0, 0.05) is 18.3 Å². The lowest BCUT2D eigenvalue weighted by molar-refractivity contribution is 0.0695. The predicted molar refractivity (Wildman–Crippen MR) is 75.9 cm³/mol. The van der Waals surface area contributed by atoms with Crippen molar-refractivity contribution >= 4 is 11.7 Å². The summed E-state index contributed by atoms with van der Waals surface area (Å²) in [6, 6.07) is 6.33. The van der Waals surface area contributed by atoms with Crippen LogP contribution in [0.3, 0.4) is 0 Å². The minimum Gasteiger partial charge on any atom is -0.478 e. The zero-order valence-corrected chi connectivity index (χ0v) is 11.4. The minimum absolute atomic E-state index is 0.493. The highest BCUT2D eigenvalue weighted by atomic mass is 16.4. The van der Waals surface area contributed by atoms with E-state index in [1.807, 2.05) is 6.07 Å². The van der Waals surface area contributed by atoms with E-state index in [0.29, 0.717) is 11.6 Å². The number of rotatable bonds is 4. The Bertz CT molecular complexity index is 494. The Kier molecular flexibility index (Phi) is 3.21. The van der Waals surface area contributed by atoms with Crippen LogP contribution in [0.2, 0.25) is 0 Å². The summed E-state index contributed by atoms with van der Waals surface area (Å²) in [5.41, 5.74) is 2.71. The van der Waals surface area contributed by atoms with Crippen LogP contribution < -0.4 is 4.90 Å². The number of anilines is 1. The maximum atomic E-state index is 11.3. The van der Waals surface area contributed by atoms with Crippen LogP contribution >= 0.6 is 0 Å². The number of fused-ring (bicyclic) bond motifs is 1. The van der Waals surface area contributed by atoms with Crippen molar-refractivity contribution in [2.45, 2.75) is 45.1 Å². The maximum absolute atomic E-state index is 11.3. The summed E-state index contributed by atoms with van der Waals surface area (Å²) in [4.78, 5) is 13.8. The van der Waals surface area contributed by atoms with Crippen molar-refractivity contribution in [2.24, 2.45) is 5.92 Å². The number of carbonyl (C=O) groups is 1. The molecule has 0 bridgehead atoms. The number of hydrogen-bond donors (Lipinski definition) is 1. The van der Waals surface area contributed by atoms with Crippen LogP contribution in [0.1, 0.15) is 48.5 Å². The largest absolute Gasteiger partial charge is 0.478 e. The summed E-state index contributed by atoms with van der Waals surface area (Å²) in [6.45, 7) is 3.32. The van der Waals surface area contributed by atoms with E-state index in [1.54, 1.807) is 6.07 Å². The molecule has 19 heavy (non-hydrogen) atoms. The third-order valence-electron chi connectivity index (χ3n) is 4.50. The Hall–Kier alpha value is -1.51. The fraction of sp³-hybridized carbons (Fsp3) is 0.562. The highest BCUT2D eigenvalue weighted by Crippen LogP contribution is 2.41. The topological polar surface area (TPSA) is 40.5 Å². The maximum Gasteiger partial charge on any atom is 0.336 e. The van der Waals surface area contributed by atoms with Gasteiger partial charge in [-0.05, 0) is 55.7 Å². The summed E-state index contributed by atoms with van der Waals surface area (Å²) in [6.07, 6.45) is 5.79. The van der Waals surface area contributed by atoms with Gasteiger partial charge < -0.3 is 10.0 Å². The number of carboxylic acid groups (broad SMARTS) is 1. The predicted octanol–water partition coefficient (Wildman–Crippen LogP) is 3.33. The Balaban J connectivity index is 1.99. The molecule has 1 aromatic rings. The molecule has 1 aliphatic carbocycles. The fourth-order valence-corrected chi connectivity index (χ4v) is 3.49. The third-order valence-corrected chi connectivity index (χ3v) is 4.50. The molecule has 1 unspecified atom stereocenters. The van der Waals surface area contributed by atoms with Crippen LogP contribution in [0, 0.1) is 5.92 Å². The second-order valence-electron chi connectivity index (χ2n) is 5.72. The Labute approximate surface area is 114 Å². The van der Waals surface area contributed by atoms with Gasteiger partial charge in [0.1, 0.15) is 0 Å². The highest BCUT2D eigenvalue weighted by Gasteiger charge is 2.36. The van der Waals surface area contributed by atoms with Gasteiger partial charge in [0.25, 0.3) is 0 Å². The van der Waals surface area contributed by atoms with Crippen LogP contribution in [-0.4, -0.2) is 23.7 Å². The van der Waals surface area contributed by atoms with Gasteiger partial charge in [-0.2, -0.15) is 0 Å². The lowest BCUT2D eigenvalue weighted by atomic mass is 9.93. The van der Waals surface area contributed by atoms with E-state index in [9.17, 15) is 9.90 Å². The first kappa shape index (κ1) is 12.5. The Morgan fingerprint density at radius 2 is 2.26 bits per heavy atom. The van der Waals surface area contributed by atoms with Crippen molar-refractivity contribution in [1.29, 1.82) is 0 Å². The quantitative estimate of drug-likeness (QED) is 0.901. The summed E-state index contributed by atoms with van der Waals surface area (Å²) >= 11 is 0. The molecule has 1 aliphatic heterocycles. The first-order chi connectivity index (χ1) is 9.22. The van der Waals surface area contributed by atoms with Crippen LogP contribution in [0.15, 0.2) is 18.2 Å². The summed E-state index contributed by atoms with van der Waals surface area (Å²) in [5.74, 6) is 0.0302. The molecule has 1 atom stereocenters. The van der Waals surface area contributed by atoms with Crippen molar-refractivity contribution in [3.05, 3.63) is 29.3 Å². The SMILES string of the molecule is CCC(C1CC1)N1CCCc2c(C(=O)O)cccc21. The van der Waals surface area contributed by atoms with Crippen LogP contribution in [0.25, 0.3) is 0 Å². The van der Waals surface area contributed by atoms with Gasteiger partial charge in [0.05, 0.1) is 5.56 Å². The zero-order valence-electron chi connectivity index (χ0n) is 11.4. The molecule has 1 N–H and O–H groups in total. The molecule has 3 rings (SSSR count). The van der Waals surface area contributed by atoms with Crippen molar-refractivity contribution in [3.63, 3.8) is 0 Å². The van der Waals surface area contributed by atoms with Gasteiger partial charge in [-0.15, -0.1) is 0 Å². The minimum atomic E-state index is -0.793. The van der Waals surface area contributed by atoms with E-state index >= 15 is 0 Å². The van der Waals surface area contributed by atoms with Crippen molar-refractivity contribution < 1.29 is 9.90 Å². The van der Waals surface area contributed by atoms with E-state index in [0.717, 1.165) is 37.3 Å². The summed E-state index contributed by atoms with van der Waals surface area (Å²) in [7, 11) is 0. The number of aromatic carboxylic acids is 1. The number of nitrogens with zero attached hydrogens (tertiary/aromatic N) is 1. The van der Waals surface area contributed by atoms with Crippen molar-refractivity contribution in [3.8, 4) is 0 Å². The lowest BCUT2D eigenvalue weighted by Crippen LogP contribution is -2.40. The van der Waals surface area contributed by atoms with Gasteiger partial charge in [0.2, 0.25) is 0 Å². The molecule has 0 radical (unpaired) electrons. The van der Waals surface area contributed by atoms with Crippen molar-refractivity contribution in [2.75, 3.05) is 11.4 Å². The normalized spacial score (nSPS) is 19.9. The first-order valence-corrected chi connectivity index (χ1v) is 7.34. The van der Waals surface area contributed by atoms with Crippen LogP contribution in [-0.2, 0) is 6.42 Å². The molecule has 3 nitrogen and oxygen atoms in total. The van der Waals surface area contributed by atoms with Gasteiger partial charge in [-0.1, -0.05) is 13.0 Å². The molecule has 102 valence electrons. The number of carboxylic acids is 1. The molecule has 1 fully saturated rings. The second kappa shape index (κ2) is 4.87. The van der Waals surface area contributed by atoms with Crippen molar-refractivity contribution in [1.82, 2.24) is 0 Å². The molecule has 0 amide bonds. The smallest absolute Gasteiger partial charge is 0.336 e. The zero-order chi connectivity index (χ0) is 13.4. The molecule has 0 aromatic heterocycles. The lowest BCUT2D eigenvalue weighted by Gasteiger charge is -2.38. The number of benzene rings is 1. The monoisotopic (exact) mass is 259 g/mol. The standard InChI is InChI=1S/C16H21NO2/c1-2-14(11-8-9-11)17-10-4-6-12-13(16(18)19)5-3-7-15(12)17/h3,5,7,11,14H,2,4,6,8-10H2,1H3,(H,18,19). The Morgan fingerprint density at radius 1 is 1.47 bits per heavy atom. The van der Waals surface area contributed by atoms with E-state index in [-0.39, 0.29) is 0 Å². The van der Waals surface area contributed by atoms with Gasteiger partial charge in [-0.3, -0.25) is 0 Å². The van der Waals surface area contributed by atoms with Crippen LogP contribution in [0.4, 0.5) is 5.69 Å². The van der Waals surface area contributed by atoms with E-state index in [2.05, 4.69) is 17.9 Å². The molecule has 1 heterocycles. The molecule has 0 saturated heterocycles. The molecule has 2 aliphatic rings. The van der Waals surface area contributed by atoms with E-state index < -0.39 is 5.97 Å². The molecule has 1 saturated carbocycles. The molecular weight excluding hydrogens is 238 g/mol. The Morgan fingerprint density at radius 3 is 2.89 bits per heavy atom. The van der Waals surface area contributed by atoms with Crippen LogP contribution in [0.5, 0.6) is 0 Å². The molecule has 1 aromatic carbocycles. The summed E-state index contributed by atoms with van der Waals surface area (Å²) < 4.78 is 0. The van der Waals surface area contributed by atoms with Gasteiger partial charge >= 0.3 is 5.97 Å². The average molecular weight is 259 g/mol. The summed E-state index contributed by atoms with van der Waals surface area (Å²) in [5, 5.41) is 9.33. The van der Waals surface area contributed by atoms with Gasteiger partial charge in [-0.25, -0.2) is 4.79 Å². The fourth-order valence-electron chi connectivity index (χ4n) is 3.49. The molecular formula is C16H21NO2. The average Bonchev–Trinajstić information content (AvgIpc) is 3.23. The van der Waals surface area contributed by atoms with E-state index in [1.165, 1.54) is 18.5 Å². The number of hydrogen-bond acceptors (Lipinski definition) is 2. The second-order valence-corrected chi connectivity index (χ2v) is 5.72.